The summed E-state index contributed by atoms with van der Waals surface area (Å²) >= 11 is 9.82. The Bertz CT molecular complexity index is 523. The normalized spacial score (nSPS) is 25.0. The van der Waals surface area contributed by atoms with Crippen LogP contribution in [0.5, 0.6) is 0 Å². The highest BCUT2D eigenvalue weighted by Gasteiger charge is 2.50. The maximum atomic E-state index is 12.5. The lowest BCUT2D eigenvalue weighted by atomic mass is 9.76. The largest absolute Gasteiger partial charge is 0.511 e. The molecule has 0 spiro atoms. The van der Waals surface area contributed by atoms with Crippen molar-refractivity contribution in [1.82, 2.24) is 0 Å². The molecule has 1 fully saturated rings. The molecule has 1 atom stereocenters. The predicted octanol–water partition coefficient (Wildman–Crippen LogP) is 4.02. The van der Waals surface area contributed by atoms with E-state index < -0.39 is 0 Å². The number of hydrogen-bond acceptors (Lipinski definition) is 5. The van der Waals surface area contributed by atoms with Gasteiger partial charge in [0.15, 0.2) is 5.78 Å². The summed E-state index contributed by atoms with van der Waals surface area (Å²) in [6.07, 6.45) is 5.31. The van der Waals surface area contributed by atoms with Gasteiger partial charge in [0.2, 0.25) is 0 Å². The standard InChI is InChI=1S/C16H22ClNO3S/c1-2-12(18-21-7-3-6-17)15-13(19)8-11(9-14(15)20)16(10-22)4-5-16/h3,6,11,19,22H,2,4-5,7-10H2,1H3. The number of allylic oxidation sites excluding steroid dienone is 2. The van der Waals surface area contributed by atoms with Crippen molar-refractivity contribution in [3.8, 4) is 0 Å². The number of carbonyl (C=O) groups is 1. The Labute approximate surface area is 141 Å². The Morgan fingerprint density at radius 3 is 2.77 bits per heavy atom. The Hall–Kier alpha value is -0.940. The van der Waals surface area contributed by atoms with Gasteiger partial charge in [-0.15, -0.1) is 0 Å². The van der Waals surface area contributed by atoms with E-state index in [0.29, 0.717) is 30.5 Å². The zero-order chi connectivity index (χ0) is 16.2. The Kier molecular flexibility index (Phi) is 5.98. The fourth-order valence-electron chi connectivity index (χ4n) is 2.99. The smallest absolute Gasteiger partial charge is 0.168 e. The second kappa shape index (κ2) is 7.55. The third kappa shape index (κ3) is 3.69. The number of aliphatic hydroxyl groups excluding tert-OH is 1. The molecular weight excluding hydrogens is 322 g/mol. The summed E-state index contributed by atoms with van der Waals surface area (Å²) < 4.78 is 0. The van der Waals surface area contributed by atoms with E-state index in [-0.39, 0.29) is 29.5 Å². The minimum Gasteiger partial charge on any atom is -0.511 e. The molecule has 1 N–H and O–H groups in total. The topological polar surface area (TPSA) is 58.9 Å². The molecule has 2 aliphatic rings. The third-order valence-corrected chi connectivity index (χ3v) is 5.38. The van der Waals surface area contributed by atoms with Gasteiger partial charge < -0.3 is 9.94 Å². The molecule has 0 aliphatic heterocycles. The molecule has 1 unspecified atom stereocenters. The summed E-state index contributed by atoms with van der Waals surface area (Å²) in [4.78, 5) is 17.6. The first-order valence-corrected chi connectivity index (χ1v) is 8.65. The summed E-state index contributed by atoms with van der Waals surface area (Å²) in [5.74, 6) is 1.07. The molecule has 6 heteroatoms. The van der Waals surface area contributed by atoms with Crippen LogP contribution in [0.1, 0.15) is 39.0 Å². The first-order chi connectivity index (χ1) is 10.6. The Morgan fingerprint density at radius 1 is 1.55 bits per heavy atom. The minimum atomic E-state index is -0.0427. The second-order valence-corrected chi connectivity index (χ2v) is 6.49. The average Bonchev–Trinajstić information content (AvgIpc) is 3.30. The van der Waals surface area contributed by atoms with E-state index in [4.69, 9.17) is 16.4 Å². The van der Waals surface area contributed by atoms with Gasteiger partial charge in [0.25, 0.3) is 0 Å². The van der Waals surface area contributed by atoms with Crippen molar-refractivity contribution in [2.24, 2.45) is 16.5 Å². The first kappa shape index (κ1) is 17.4. The number of carbonyl (C=O) groups excluding carboxylic acids is 1. The van der Waals surface area contributed by atoms with Crippen molar-refractivity contribution < 1.29 is 14.7 Å². The van der Waals surface area contributed by atoms with Gasteiger partial charge in [0, 0.05) is 18.4 Å². The van der Waals surface area contributed by atoms with E-state index in [1.165, 1.54) is 5.54 Å². The lowest BCUT2D eigenvalue weighted by molar-refractivity contribution is -0.117. The van der Waals surface area contributed by atoms with Gasteiger partial charge >= 0.3 is 0 Å². The number of Topliss-reactive ketones (excluding diaryl/α,β-unsaturated/α-hetero) is 1. The quantitative estimate of drug-likeness (QED) is 0.317. The van der Waals surface area contributed by atoms with Crippen molar-refractivity contribution in [2.45, 2.75) is 39.0 Å². The van der Waals surface area contributed by atoms with Crippen molar-refractivity contribution in [3.63, 3.8) is 0 Å². The van der Waals surface area contributed by atoms with Gasteiger partial charge in [-0.05, 0) is 42.4 Å². The van der Waals surface area contributed by atoms with E-state index >= 15 is 0 Å². The maximum absolute atomic E-state index is 12.5. The van der Waals surface area contributed by atoms with Gasteiger partial charge in [-0.3, -0.25) is 4.79 Å². The molecular formula is C16H22ClNO3S. The molecule has 0 aromatic rings. The van der Waals surface area contributed by atoms with Crippen LogP contribution in [0.2, 0.25) is 0 Å². The van der Waals surface area contributed by atoms with Crippen molar-refractivity contribution in [1.29, 1.82) is 0 Å². The van der Waals surface area contributed by atoms with E-state index in [9.17, 15) is 9.90 Å². The molecule has 0 saturated heterocycles. The highest BCUT2D eigenvalue weighted by atomic mass is 35.5. The monoisotopic (exact) mass is 343 g/mol. The predicted molar refractivity (Wildman–Crippen MR) is 91.6 cm³/mol. The van der Waals surface area contributed by atoms with Crippen LogP contribution in [0, 0.1) is 11.3 Å². The second-order valence-electron chi connectivity index (χ2n) is 5.92. The van der Waals surface area contributed by atoms with Crippen molar-refractivity contribution in [3.05, 3.63) is 22.9 Å². The van der Waals surface area contributed by atoms with Crippen LogP contribution in [-0.2, 0) is 9.63 Å². The molecule has 0 radical (unpaired) electrons. The van der Waals surface area contributed by atoms with Gasteiger partial charge in [0.1, 0.15) is 12.4 Å². The summed E-state index contributed by atoms with van der Waals surface area (Å²) in [5.41, 5.74) is 2.33. The van der Waals surface area contributed by atoms with Crippen LogP contribution in [0.4, 0.5) is 0 Å². The summed E-state index contributed by atoms with van der Waals surface area (Å²) in [6.45, 7) is 2.12. The number of aliphatic hydroxyl groups is 1. The summed E-state index contributed by atoms with van der Waals surface area (Å²) in [6, 6.07) is 0. The van der Waals surface area contributed by atoms with Gasteiger partial charge in [-0.1, -0.05) is 23.7 Å². The average molecular weight is 344 g/mol. The zero-order valence-corrected chi connectivity index (χ0v) is 14.4. The van der Waals surface area contributed by atoms with Gasteiger partial charge in [0.05, 0.1) is 11.3 Å². The van der Waals surface area contributed by atoms with E-state index in [1.807, 2.05) is 6.92 Å². The van der Waals surface area contributed by atoms with Crippen LogP contribution >= 0.6 is 24.2 Å². The SMILES string of the molecule is CCC(=NOCC=CCl)C1=C(O)CC(C2(CS)CC2)CC1=O. The van der Waals surface area contributed by atoms with Crippen LogP contribution in [0.25, 0.3) is 0 Å². The zero-order valence-electron chi connectivity index (χ0n) is 12.7. The number of thiol groups is 1. The van der Waals surface area contributed by atoms with E-state index in [2.05, 4.69) is 17.8 Å². The fourth-order valence-corrected chi connectivity index (χ4v) is 3.64. The van der Waals surface area contributed by atoms with Crippen LogP contribution in [-0.4, -0.2) is 29.0 Å². The maximum Gasteiger partial charge on any atom is 0.168 e. The third-order valence-electron chi connectivity index (χ3n) is 4.57. The minimum absolute atomic E-state index is 0.0427. The number of hydrogen-bond donors (Lipinski definition) is 2. The number of nitrogens with zero attached hydrogens (tertiary/aromatic N) is 1. The fraction of sp³-hybridized carbons (Fsp3) is 0.625. The molecule has 0 amide bonds. The van der Waals surface area contributed by atoms with Crippen LogP contribution < -0.4 is 0 Å². The van der Waals surface area contributed by atoms with Gasteiger partial charge in [-0.2, -0.15) is 12.6 Å². The number of rotatable bonds is 7. The molecule has 122 valence electrons. The number of ketones is 1. The number of halogens is 1. The lowest BCUT2D eigenvalue weighted by Gasteiger charge is -2.29. The van der Waals surface area contributed by atoms with E-state index in [0.717, 1.165) is 18.6 Å². The molecule has 4 nitrogen and oxygen atoms in total. The Morgan fingerprint density at radius 2 is 2.27 bits per heavy atom. The molecule has 2 rings (SSSR count). The van der Waals surface area contributed by atoms with Crippen molar-refractivity contribution >= 4 is 35.7 Å². The molecule has 0 bridgehead atoms. The van der Waals surface area contributed by atoms with E-state index in [1.54, 1.807) is 6.08 Å². The highest BCUT2D eigenvalue weighted by molar-refractivity contribution is 7.80. The van der Waals surface area contributed by atoms with Gasteiger partial charge in [-0.25, -0.2) is 0 Å². The van der Waals surface area contributed by atoms with Crippen molar-refractivity contribution in [2.75, 3.05) is 12.4 Å². The molecule has 1 saturated carbocycles. The summed E-state index contributed by atoms with van der Waals surface area (Å²) in [7, 11) is 0. The van der Waals surface area contributed by atoms with Crippen LogP contribution in [0.15, 0.2) is 28.1 Å². The highest BCUT2D eigenvalue weighted by Crippen LogP contribution is 2.56. The number of oxime groups is 1. The molecule has 0 heterocycles. The first-order valence-electron chi connectivity index (χ1n) is 7.58. The Balaban J connectivity index is 2.14. The molecule has 22 heavy (non-hydrogen) atoms. The molecule has 0 aromatic carbocycles. The van der Waals surface area contributed by atoms with Crippen LogP contribution in [0.3, 0.4) is 0 Å². The molecule has 0 aromatic heterocycles. The lowest BCUT2D eigenvalue weighted by Crippen LogP contribution is -2.30. The summed E-state index contributed by atoms with van der Waals surface area (Å²) in [5, 5.41) is 14.3. The molecule has 2 aliphatic carbocycles.